The highest BCUT2D eigenvalue weighted by Crippen LogP contribution is 2.45. The van der Waals surface area contributed by atoms with Crippen LogP contribution in [-0.2, 0) is 24.3 Å². The van der Waals surface area contributed by atoms with Crippen LogP contribution in [0.3, 0.4) is 0 Å². The molecule has 1 amide bonds. The van der Waals surface area contributed by atoms with Crippen LogP contribution in [-0.4, -0.2) is 66.8 Å². The summed E-state index contributed by atoms with van der Waals surface area (Å²) in [5.74, 6) is 0.890. The van der Waals surface area contributed by atoms with Crippen LogP contribution in [0.25, 0.3) is 11.2 Å². The molecule has 3 unspecified atom stereocenters. The van der Waals surface area contributed by atoms with Crippen molar-refractivity contribution in [1.29, 1.82) is 0 Å². The fourth-order valence-corrected chi connectivity index (χ4v) is 7.48. The highest BCUT2D eigenvalue weighted by Gasteiger charge is 2.47. The summed E-state index contributed by atoms with van der Waals surface area (Å²) in [6.45, 7) is 14.6. The third-order valence-corrected chi connectivity index (χ3v) is 14.8. The van der Waals surface area contributed by atoms with Crippen LogP contribution in [0.4, 0.5) is 5.95 Å². The van der Waals surface area contributed by atoms with Gasteiger partial charge in [-0.05, 0) is 59.1 Å². The van der Waals surface area contributed by atoms with Gasteiger partial charge in [-0.2, -0.15) is 4.98 Å². The molecule has 1 aliphatic rings. The van der Waals surface area contributed by atoms with Crippen LogP contribution in [0.1, 0.15) is 57.5 Å². The Morgan fingerprint density at radius 2 is 1.50 bits per heavy atom. The van der Waals surface area contributed by atoms with Crippen molar-refractivity contribution in [3.05, 3.63) is 119 Å². The first-order valence-electron chi connectivity index (χ1n) is 18.1. The molecule has 5 aromatic rings. The monoisotopic (exact) mass is 752 g/mol. The number of benzene rings is 3. The maximum Gasteiger partial charge on any atom is 0.280 e. The molecule has 1 saturated heterocycles. The van der Waals surface area contributed by atoms with Crippen LogP contribution >= 0.6 is 0 Å². The van der Waals surface area contributed by atoms with Gasteiger partial charge >= 0.3 is 0 Å². The summed E-state index contributed by atoms with van der Waals surface area (Å²) in [5.41, 5.74) is 1.54. The number of aromatic amines is 1. The number of nitrogens with zero attached hydrogens (tertiary/aromatic N) is 3. The lowest BCUT2D eigenvalue weighted by molar-refractivity contribution is -0.118. The lowest BCUT2D eigenvalue weighted by Crippen LogP contribution is -2.45. The summed E-state index contributed by atoms with van der Waals surface area (Å²) >= 11 is 0. The van der Waals surface area contributed by atoms with Gasteiger partial charge in [0.1, 0.15) is 17.1 Å². The number of carbonyl (C=O) groups is 1. The Morgan fingerprint density at radius 3 is 2.04 bits per heavy atom. The number of methoxy groups -OCH3 is 2. The molecular weight excluding hydrogens is 703 g/mol. The van der Waals surface area contributed by atoms with E-state index in [2.05, 4.69) is 66.3 Å². The quantitative estimate of drug-likeness (QED) is 0.0942. The number of hydrogen-bond donors (Lipinski definition) is 2. The Balaban J connectivity index is 1.41. The van der Waals surface area contributed by atoms with Gasteiger partial charge < -0.3 is 23.4 Å². The summed E-state index contributed by atoms with van der Waals surface area (Å²) in [7, 11) is 0.916. The second-order valence-electron chi connectivity index (χ2n) is 15.3. The second kappa shape index (κ2) is 15.5. The zero-order valence-electron chi connectivity index (χ0n) is 32.4. The molecule has 1 fully saturated rings. The standard InChI is InChI=1S/C41H50N5O7Si/c1-26(2)36(47)44-39-43-35-34(37(48)45-39)42-25-46(35)38-33(53-54(8,9)40(3,4)5)23-32(52-38)24-51-41(27-13-11-10-12-14-27,28-15-19-30(49-6)20-16-28)29-17-21-31(50-7)22-18-29/h10-23,25-26,32-33,38H,24H2,1-9H3,(H2,43,44,45,47,48). The van der Waals surface area contributed by atoms with E-state index in [1.54, 1.807) is 32.6 Å². The maximum absolute atomic E-state index is 13.2. The van der Waals surface area contributed by atoms with E-state index in [0.717, 1.165) is 28.2 Å². The SMILES string of the molecule is COc1ccc(C(OCC2[CH]C(O[Si](C)(C)C(C)(C)C)C(n3cnc4c(=O)[nH]c(NC(=O)C(C)C)nc43)O2)(c2ccccc2)c2ccc(OC)cc2)cc1. The molecule has 54 heavy (non-hydrogen) atoms. The summed E-state index contributed by atoms with van der Waals surface area (Å²) < 4.78 is 33.8. The van der Waals surface area contributed by atoms with E-state index in [4.69, 9.17) is 23.4 Å². The van der Waals surface area contributed by atoms with E-state index in [9.17, 15) is 9.59 Å². The molecule has 1 radical (unpaired) electrons. The third kappa shape index (κ3) is 7.72. The van der Waals surface area contributed by atoms with Crippen LogP contribution in [0.2, 0.25) is 18.1 Å². The van der Waals surface area contributed by atoms with Gasteiger partial charge in [-0.25, -0.2) is 4.98 Å². The van der Waals surface area contributed by atoms with E-state index in [0.29, 0.717) is 0 Å². The van der Waals surface area contributed by atoms with Gasteiger partial charge in [-0.15, -0.1) is 0 Å². The molecule has 0 bridgehead atoms. The minimum atomic E-state index is -2.37. The molecule has 3 heterocycles. The predicted molar refractivity (Wildman–Crippen MR) is 210 cm³/mol. The van der Waals surface area contributed by atoms with E-state index in [1.807, 2.05) is 73.2 Å². The van der Waals surface area contributed by atoms with E-state index in [1.165, 1.54) is 6.33 Å². The van der Waals surface area contributed by atoms with E-state index < -0.39 is 37.9 Å². The summed E-state index contributed by atoms with van der Waals surface area (Å²) in [6.07, 6.45) is 1.73. The zero-order valence-corrected chi connectivity index (χ0v) is 33.4. The van der Waals surface area contributed by atoms with Gasteiger partial charge in [0.15, 0.2) is 25.7 Å². The number of carbonyl (C=O) groups excluding carboxylic acids is 1. The third-order valence-electron chi connectivity index (χ3n) is 10.3. The highest BCUT2D eigenvalue weighted by molar-refractivity contribution is 6.74. The molecule has 2 N–H and O–H groups in total. The summed E-state index contributed by atoms with van der Waals surface area (Å²) in [5, 5.41) is 2.60. The Bertz CT molecular complexity index is 2060. The Labute approximate surface area is 317 Å². The van der Waals surface area contributed by atoms with Gasteiger partial charge in [-0.3, -0.25) is 24.5 Å². The molecule has 2 aromatic heterocycles. The molecule has 12 nitrogen and oxygen atoms in total. The smallest absolute Gasteiger partial charge is 0.280 e. The minimum Gasteiger partial charge on any atom is -0.497 e. The number of amides is 1. The Hall–Kier alpha value is -4.82. The van der Waals surface area contributed by atoms with Crippen LogP contribution in [0.5, 0.6) is 11.5 Å². The Kier molecular flexibility index (Phi) is 11.2. The van der Waals surface area contributed by atoms with Crippen molar-refractivity contribution in [2.45, 2.75) is 76.8 Å². The van der Waals surface area contributed by atoms with Crippen molar-refractivity contribution in [2.75, 3.05) is 26.1 Å². The number of aromatic nitrogens is 4. The first kappa shape index (κ1) is 38.9. The largest absolute Gasteiger partial charge is 0.497 e. The molecular formula is C41H50N5O7Si. The fraction of sp³-hybridized carbons (Fsp3) is 0.390. The lowest BCUT2D eigenvalue weighted by atomic mass is 9.80. The van der Waals surface area contributed by atoms with E-state index >= 15 is 0 Å². The normalized spacial score (nSPS) is 17.9. The zero-order chi connectivity index (χ0) is 38.8. The van der Waals surface area contributed by atoms with Gasteiger partial charge in [0, 0.05) is 12.3 Å². The number of anilines is 1. The minimum absolute atomic E-state index is 0.0308. The van der Waals surface area contributed by atoms with Crippen LogP contribution in [0.15, 0.2) is 90.0 Å². The first-order valence-corrected chi connectivity index (χ1v) is 21.0. The highest BCUT2D eigenvalue weighted by atomic mass is 28.4. The lowest BCUT2D eigenvalue weighted by Gasteiger charge is -2.39. The average molecular weight is 753 g/mol. The second-order valence-corrected chi connectivity index (χ2v) is 20.1. The Morgan fingerprint density at radius 1 is 0.926 bits per heavy atom. The molecule has 0 spiro atoms. The summed E-state index contributed by atoms with van der Waals surface area (Å²) in [6, 6.07) is 25.8. The van der Waals surface area contributed by atoms with Crippen molar-refractivity contribution in [3.8, 4) is 11.5 Å². The van der Waals surface area contributed by atoms with Crippen LogP contribution in [0, 0.1) is 12.3 Å². The van der Waals surface area contributed by atoms with Crippen molar-refractivity contribution in [3.63, 3.8) is 0 Å². The number of rotatable bonds is 13. The topological polar surface area (TPSA) is 139 Å². The molecule has 0 saturated carbocycles. The number of imidazole rings is 1. The van der Waals surface area contributed by atoms with Crippen molar-refractivity contribution in [2.24, 2.45) is 5.92 Å². The number of H-pyrrole nitrogens is 1. The van der Waals surface area contributed by atoms with Gasteiger partial charge in [0.2, 0.25) is 11.9 Å². The number of nitrogens with one attached hydrogen (secondary N) is 2. The van der Waals surface area contributed by atoms with Gasteiger partial charge in [0.05, 0.1) is 39.4 Å². The van der Waals surface area contributed by atoms with E-state index in [-0.39, 0.29) is 40.6 Å². The van der Waals surface area contributed by atoms with Crippen molar-refractivity contribution < 1.29 is 28.2 Å². The summed E-state index contributed by atoms with van der Waals surface area (Å²) in [4.78, 5) is 37.4. The molecule has 6 rings (SSSR count). The predicted octanol–water partition coefficient (Wildman–Crippen LogP) is 7.23. The number of fused-ring (bicyclic) bond motifs is 1. The number of ether oxygens (including phenoxy) is 4. The van der Waals surface area contributed by atoms with Gasteiger partial charge in [0.25, 0.3) is 5.56 Å². The van der Waals surface area contributed by atoms with Crippen LogP contribution < -0.4 is 20.3 Å². The molecule has 13 heteroatoms. The first-order chi connectivity index (χ1) is 25.7. The fourth-order valence-electron chi connectivity index (χ4n) is 6.26. The van der Waals surface area contributed by atoms with Crippen molar-refractivity contribution >= 4 is 31.3 Å². The molecule has 285 valence electrons. The number of hydrogen-bond acceptors (Lipinski definition) is 9. The average Bonchev–Trinajstić information content (AvgIpc) is 3.75. The molecule has 0 aliphatic carbocycles. The molecule has 1 aliphatic heterocycles. The van der Waals surface area contributed by atoms with Gasteiger partial charge in [-0.1, -0.05) is 89.2 Å². The van der Waals surface area contributed by atoms with Crippen molar-refractivity contribution in [1.82, 2.24) is 19.5 Å². The molecule has 3 aromatic carbocycles. The maximum atomic E-state index is 13.2. The molecule has 3 atom stereocenters.